The van der Waals surface area contributed by atoms with Crippen LogP contribution in [-0.2, 0) is 7.05 Å². The van der Waals surface area contributed by atoms with Crippen LogP contribution in [0.4, 0.5) is 5.82 Å². The number of hydrogen-bond acceptors (Lipinski definition) is 5. The third-order valence-corrected chi connectivity index (χ3v) is 4.71. The molecule has 6 nitrogen and oxygen atoms in total. The fourth-order valence-corrected chi connectivity index (χ4v) is 3.03. The number of nitrogens with one attached hydrogen (secondary N) is 1. The minimum absolute atomic E-state index is 0.162. The fourth-order valence-electron chi connectivity index (χ4n) is 3.03. The second-order valence-corrected chi connectivity index (χ2v) is 7.60. The summed E-state index contributed by atoms with van der Waals surface area (Å²) in [7, 11) is 3.67. The van der Waals surface area contributed by atoms with E-state index >= 15 is 0 Å². The molecule has 1 unspecified atom stereocenters. The van der Waals surface area contributed by atoms with Gasteiger partial charge in [-0.1, -0.05) is 39.8 Å². The number of rotatable bonds is 7. The topological polar surface area (TPSA) is 64.9 Å². The van der Waals surface area contributed by atoms with Gasteiger partial charge in [0.1, 0.15) is 29.3 Å². The summed E-state index contributed by atoms with van der Waals surface area (Å²) in [4.78, 5) is 14.1. The van der Waals surface area contributed by atoms with E-state index in [0.717, 1.165) is 34.5 Å². The summed E-state index contributed by atoms with van der Waals surface area (Å²) in [6.07, 6.45) is 3.76. The normalized spacial score (nSPS) is 12.4. The van der Waals surface area contributed by atoms with Crippen LogP contribution in [0.15, 0.2) is 42.7 Å². The molecule has 0 amide bonds. The van der Waals surface area contributed by atoms with Crippen LogP contribution in [0.1, 0.15) is 68.5 Å². The van der Waals surface area contributed by atoms with Crippen molar-refractivity contribution in [2.24, 2.45) is 7.05 Å². The van der Waals surface area contributed by atoms with Crippen molar-refractivity contribution in [3.63, 3.8) is 0 Å². The molecule has 1 atom stereocenters. The number of ether oxygens (including phenoxy) is 1. The molecule has 2 aromatic heterocycles. The molecule has 1 N–H and O–H groups in total. The van der Waals surface area contributed by atoms with Gasteiger partial charge in [0.25, 0.3) is 0 Å². The molecule has 1 aromatic carbocycles. The number of benzene rings is 1. The van der Waals surface area contributed by atoms with E-state index in [1.165, 1.54) is 0 Å². The van der Waals surface area contributed by atoms with E-state index in [4.69, 9.17) is 14.7 Å². The van der Waals surface area contributed by atoms with E-state index in [1.54, 1.807) is 7.11 Å². The van der Waals surface area contributed by atoms with E-state index in [0.29, 0.717) is 5.92 Å². The molecule has 2 heterocycles. The van der Waals surface area contributed by atoms with E-state index in [1.807, 2.05) is 48.3 Å². The first-order valence-electron chi connectivity index (χ1n) is 9.65. The van der Waals surface area contributed by atoms with Crippen LogP contribution in [-0.4, -0.2) is 26.6 Å². The highest BCUT2D eigenvalue weighted by Crippen LogP contribution is 2.29. The summed E-state index contributed by atoms with van der Waals surface area (Å²) >= 11 is 0. The van der Waals surface area contributed by atoms with Gasteiger partial charge in [0.05, 0.1) is 7.11 Å². The average Bonchev–Trinajstić information content (AvgIpc) is 3.11. The molecule has 148 valence electrons. The number of aromatic nitrogens is 4. The maximum absolute atomic E-state index is 5.42. The molecule has 0 saturated carbocycles. The van der Waals surface area contributed by atoms with Crippen molar-refractivity contribution < 1.29 is 4.74 Å². The molecule has 0 aliphatic carbocycles. The van der Waals surface area contributed by atoms with Crippen LogP contribution < -0.4 is 10.1 Å². The van der Waals surface area contributed by atoms with Crippen LogP contribution in [0.2, 0.25) is 0 Å². The van der Waals surface area contributed by atoms with Gasteiger partial charge in [-0.25, -0.2) is 15.0 Å². The lowest BCUT2D eigenvalue weighted by molar-refractivity contribution is 0.414. The number of nitrogens with zero attached hydrogens (tertiary/aromatic N) is 4. The van der Waals surface area contributed by atoms with Crippen molar-refractivity contribution >= 4 is 5.82 Å². The van der Waals surface area contributed by atoms with Crippen molar-refractivity contribution in [2.45, 2.75) is 45.6 Å². The second-order valence-electron chi connectivity index (χ2n) is 7.60. The standard InChI is InChI=1S/C22H29N5O/c1-14(2)18-13-19(26-21(24-18)15(3)4)25-20(22-23-10-11-27(22)5)16-8-7-9-17(12-16)28-6/h7-15,20H,1-6H3,(H,24,25,26). The number of hydrogen-bond donors (Lipinski definition) is 1. The van der Waals surface area contributed by atoms with Gasteiger partial charge in [0.2, 0.25) is 0 Å². The Bertz CT molecular complexity index is 906. The number of aryl methyl sites for hydroxylation is 1. The van der Waals surface area contributed by atoms with E-state index < -0.39 is 0 Å². The third-order valence-electron chi connectivity index (χ3n) is 4.71. The maximum atomic E-state index is 5.42. The van der Waals surface area contributed by atoms with Gasteiger partial charge >= 0.3 is 0 Å². The van der Waals surface area contributed by atoms with E-state index in [2.05, 4.69) is 44.1 Å². The Morgan fingerprint density at radius 2 is 1.82 bits per heavy atom. The fraction of sp³-hybridized carbons (Fsp3) is 0.409. The Balaban J connectivity index is 2.06. The van der Waals surface area contributed by atoms with Crippen molar-refractivity contribution in [3.05, 3.63) is 65.6 Å². The molecule has 3 rings (SSSR count). The highest BCUT2D eigenvalue weighted by Gasteiger charge is 2.21. The zero-order valence-corrected chi connectivity index (χ0v) is 17.5. The second kappa shape index (κ2) is 8.42. The minimum Gasteiger partial charge on any atom is -0.497 e. The first-order chi connectivity index (χ1) is 13.4. The quantitative estimate of drug-likeness (QED) is 0.646. The van der Waals surface area contributed by atoms with Gasteiger partial charge < -0.3 is 14.6 Å². The molecule has 3 aromatic rings. The lowest BCUT2D eigenvalue weighted by Crippen LogP contribution is -2.18. The smallest absolute Gasteiger partial charge is 0.135 e. The molecule has 0 aliphatic rings. The molecule has 0 saturated heterocycles. The van der Waals surface area contributed by atoms with Crippen LogP contribution >= 0.6 is 0 Å². The Hall–Kier alpha value is -2.89. The predicted molar refractivity (Wildman–Crippen MR) is 112 cm³/mol. The van der Waals surface area contributed by atoms with Crippen molar-refractivity contribution in [1.82, 2.24) is 19.5 Å². The molecular weight excluding hydrogens is 350 g/mol. The summed E-state index contributed by atoms with van der Waals surface area (Å²) < 4.78 is 7.44. The monoisotopic (exact) mass is 379 g/mol. The third kappa shape index (κ3) is 4.32. The van der Waals surface area contributed by atoms with Crippen molar-refractivity contribution in [1.29, 1.82) is 0 Å². The Morgan fingerprint density at radius 3 is 2.43 bits per heavy atom. The van der Waals surface area contributed by atoms with E-state index in [-0.39, 0.29) is 12.0 Å². The van der Waals surface area contributed by atoms with Crippen molar-refractivity contribution in [3.8, 4) is 5.75 Å². The van der Waals surface area contributed by atoms with Crippen molar-refractivity contribution in [2.75, 3.05) is 12.4 Å². The predicted octanol–water partition coefficient (Wildman–Crippen LogP) is 4.67. The molecule has 28 heavy (non-hydrogen) atoms. The molecule has 0 fully saturated rings. The number of methoxy groups -OCH3 is 1. The zero-order valence-electron chi connectivity index (χ0n) is 17.5. The molecule has 0 spiro atoms. The van der Waals surface area contributed by atoms with Gasteiger partial charge in [-0.3, -0.25) is 0 Å². The number of imidazole rings is 1. The zero-order chi connectivity index (χ0) is 20.3. The van der Waals surface area contributed by atoms with Crippen LogP contribution in [0.5, 0.6) is 5.75 Å². The van der Waals surface area contributed by atoms with Crippen LogP contribution in [0, 0.1) is 0 Å². The molecule has 6 heteroatoms. The minimum atomic E-state index is -0.162. The summed E-state index contributed by atoms with van der Waals surface area (Å²) in [5.74, 6) is 3.94. The summed E-state index contributed by atoms with van der Waals surface area (Å²) in [5.41, 5.74) is 2.09. The highest BCUT2D eigenvalue weighted by atomic mass is 16.5. The SMILES string of the molecule is COc1cccc(C(Nc2cc(C(C)C)nc(C(C)C)n2)c2nccn2C)c1. The van der Waals surface area contributed by atoms with Gasteiger partial charge in [0.15, 0.2) is 0 Å². The molecule has 0 radical (unpaired) electrons. The molecule has 0 aliphatic heterocycles. The Labute approximate surface area is 167 Å². The maximum Gasteiger partial charge on any atom is 0.135 e. The lowest BCUT2D eigenvalue weighted by atomic mass is 10.0. The lowest BCUT2D eigenvalue weighted by Gasteiger charge is -2.21. The summed E-state index contributed by atoms with van der Waals surface area (Å²) in [5, 5.41) is 3.59. The van der Waals surface area contributed by atoms with Gasteiger partial charge in [-0.05, 0) is 23.6 Å². The number of anilines is 1. The molecular formula is C22H29N5O. The molecule has 0 bridgehead atoms. The summed E-state index contributed by atoms with van der Waals surface area (Å²) in [6, 6.07) is 9.91. The Morgan fingerprint density at radius 1 is 1.04 bits per heavy atom. The average molecular weight is 380 g/mol. The van der Waals surface area contributed by atoms with E-state index in [9.17, 15) is 0 Å². The van der Waals surface area contributed by atoms with Crippen LogP contribution in [0.25, 0.3) is 0 Å². The van der Waals surface area contributed by atoms with Gasteiger partial charge in [-0.15, -0.1) is 0 Å². The largest absolute Gasteiger partial charge is 0.497 e. The van der Waals surface area contributed by atoms with Crippen LogP contribution in [0.3, 0.4) is 0 Å². The summed E-state index contributed by atoms with van der Waals surface area (Å²) in [6.45, 7) is 8.52. The van der Waals surface area contributed by atoms with Gasteiger partial charge in [0, 0.05) is 37.1 Å². The first-order valence-corrected chi connectivity index (χ1v) is 9.65. The Kier molecular flexibility index (Phi) is 5.97. The highest BCUT2D eigenvalue weighted by molar-refractivity contribution is 5.45. The first kappa shape index (κ1) is 19.9. The van der Waals surface area contributed by atoms with Gasteiger partial charge in [-0.2, -0.15) is 0 Å².